The molecule has 0 unspecified atom stereocenters. The maximum atomic E-state index is 10.4. The molecule has 88 valence electrons. The van der Waals surface area contributed by atoms with Crippen LogP contribution in [0, 0.1) is 0 Å². The fourth-order valence-corrected chi connectivity index (χ4v) is 1.69. The molecule has 0 bridgehead atoms. The minimum Gasteiger partial charge on any atom is -0.548 e. The summed E-state index contributed by atoms with van der Waals surface area (Å²) in [7, 11) is 0. The lowest BCUT2D eigenvalue weighted by Gasteiger charge is -1.98. The number of rotatable bonds is 4. The quantitative estimate of drug-likeness (QED) is 0.698. The minimum absolute atomic E-state index is 0.393. The van der Waals surface area contributed by atoms with Crippen molar-refractivity contribution >= 4 is 17.7 Å². The Balaban J connectivity index is 2.21. The first kappa shape index (κ1) is 11.6. The monoisotopic (exact) mass is 249 g/mol. The molecule has 2 rings (SSSR count). The summed E-state index contributed by atoms with van der Waals surface area (Å²) in [5, 5.41) is 21.7. The van der Waals surface area contributed by atoms with Gasteiger partial charge in [0, 0.05) is 10.5 Å². The van der Waals surface area contributed by atoms with Crippen LogP contribution in [0.2, 0.25) is 0 Å². The van der Waals surface area contributed by atoms with Crippen molar-refractivity contribution in [2.75, 3.05) is 6.26 Å². The van der Waals surface area contributed by atoms with Crippen molar-refractivity contribution in [3.8, 4) is 11.4 Å². The molecule has 0 saturated heterocycles. The van der Waals surface area contributed by atoms with Gasteiger partial charge in [0.2, 0.25) is 5.82 Å². The highest BCUT2D eigenvalue weighted by atomic mass is 32.2. The molecule has 0 fully saturated rings. The zero-order chi connectivity index (χ0) is 12.3. The van der Waals surface area contributed by atoms with E-state index in [1.54, 1.807) is 11.8 Å². The van der Waals surface area contributed by atoms with E-state index >= 15 is 0 Å². The first-order valence-corrected chi connectivity index (χ1v) is 6.03. The number of tetrazole rings is 1. The molecule has 0 radical (unpaired) electrons. The second kappa shape index (κ2) is 4.96. The van der Waals surface area contributed by atoms with Crippen molar-refractivity contribution in [2.24, 2.45) is 0 Å². The van der Waals surface area contributed by atoms with Crippen LogP contribution < -0.4 is 5.11 Å². The van der Waals surface area contributed by atoms with E-state index in [4.69, 9.17) is 0 Å². The van der Waals surface area contributed by atoms with Gasteiger partial charge in [-0.1, -0.05) is 0 Å². The number of carboxylic acid groups (broad SMARTS) is 1. The minimum atomic E-state index is -1.24. The van der Waals surface area contributed by atoms with Gasteiger partial charge in [0.25, 0.3) is 0 Å². The molecule has 1 aromatic carbocycles. The van der Waals surface area contributed by atoms with Crippen molar-refractivity contribution in [1.82, 2.24) is 20.2 Å². The van der Waals surface area contributed by atoms with E-state index in [1.807, 2.05) is 30.5 Å². The number of thioether (sulfide) groups is 1. The Morgan fingerprint density at radius 2 is 2.12 bits per heavy atom. The molecular formula is C10H9N4O2S-. The molecule has 0 saturated carbocycles. The molecule has 0 amide bonds. The van der Waals surface area contributed by atoms with Crippen molar-refractivity contribution in [2.45, 2.75) is 11.4 Å². The Bertz CT molecular complexity index is 523. The third-order valence-corrected chi connectivity index (χ3v) is 2.82. The third kappa shape index (κ3) is 2.82. The summed E-state index contributed by atoms with van der Waals surface area (Å²) < 4.78 is 0. The van der Waals surface area contributed by atoms with Gasteiger partial charge in [-0.2, -0.15) is 4.80 Å². The lowest BCUT2D eigenvalue weighted by atomic mass is 10.2. The van der Waals surface area contributed by atoms with E-state index in [-0.39, 0.29) is 0 Å². The molecule has 0 spiro atoms. The maximum Gasteiger partial charge on any atom is 0.204 e. The first-order valence-electron chi connectivity index (χ1n) is 4.81. The van der Waals surface area contributed by atoms with Gasteiger partial charge in [-0.15, -0.1) is 22.0 Å². The van der Waals surface area contributed by atoms with E-state index in [1.165, 1.54) is 0 Å². The molecular weight excluding hydrogens is 240 g/mol. The Kier molecular flexibility index (Phi) is 3.38. The zero-order valence-corrected chi connectivity index (χ0v) is 9.85. The fourth-order valence-electron chi connectivity index (χ4n) is 1.28. The number of benzene rings is 1. The van der Waals surface area contributed by atoms with Gasteiger partial charge in [0.05, 0.1) is 5.97 Å². The predicted octanol–water partition coefficient (Wildman–Crippen LogP) is -0.188. The molecule has 0 aliphatic carbocycles. The Labute approximate surface area is 102 Å². The smallest absolute Gasteiger partial charge is 0.204 e. The number of nitrogens with zero attached hydrogens (tertiary/aromatic N) is 4. The predicted molar refractivity (Wildman–Crippen MR) is 60.0 cm³/mol. The molecule has 7 heteroatoms. The fraction of sp³-hybridized carbons (Fsp3) is 0.200. The average Bonchev–Trinajstić information content (AvgIpc) is 2.77. The maximum absolute atomic E-state index is 10.4. The van der Waals surface area contributed by atoms with Crippen molar-refractivity contribution in [3.63, 3.8) is 0 Å². The average molecular weight is 249 g/mol. The van der Waals surface area contributed by atoms with Crippen molar-refractivity contribution in [1.29, 1.82) is 0 Å². The lowest BCUT2D eigenvalue weighted by Crippen LogP contribution is -2.28. The molecule has 1 heterocycles. The van der Waals surface area contributed by atoms with Gasteiger partial charge in [0.1, 0.15) is 6.54 Å². The van der Waals surface area contributed by atoms with Crippen LogP contribution in [0.3, 0.4) is 0 Å². The number of hydrogen-bond acceptors (Lipinski definition) is 6. The third-order valence-electron chi connectivity index (χ3n) is 2.07. The number of hydrogen-bond donors (Lipinski definition) is 0. The summed E-state index contributed by atoms with van der Waals surface area (Å²) in [4.78, 5) is 12.5. The van der Waals surface area contributed by atoms with E-state index in [9.17, 15) is 9.90 Å². The van der Waals surface area contributed by atoms with Gasteiger partial charge < -0.3 is 9.90 Å². The normalized spacial score (nSPS) is 10.4. The summed E-state index contributed by atoms with van der Waals surface area (Å²) >= 11 is 1.64. The molecule has 1 aromatic heterocycles. The second-order valence-electron chi connectivity index (χ2n) is 3.24. The summed E-state index contributed by atoms with van der Waals surface area (Å²) in [6, 6.07) is 7.62. The van der Waals surface area contributed by atoms with Gasteiger partial charge in [-0.25, -0.2) is 0 Å². The number of aliphatic carboxylic acids is 1. The van der Waals surface area contributed by atoms with Crippen molar-refractivity contribution in [3.05, 3.63) is 24.3 Å². The van der Waals surface area contributed by atoms with Crippen LogP contribution in [0.15, 0.2) is 29.2 Å². The number of carboxylic acids is 1. The molecule has 0 aliphatic rings. The molecule has 6 nitrogen and oxygen atoms in total. The Morgan fingerprint density at radius 3 is 2.71 bits per heavy atom. The van der Waals surface area contributed by atoms with E-state index in [0.717, 1.165) is 15.3 Å². The van der Waals surface area contributed by atoms with Crippen LogP contribution in [0.4, 0.5) is 0 Å². The molecule has 0 aliphatic heterocycles. The molecule has 0 N–H and O–H groups in total. The van der Waals surface area contributed by atoms with Crippen LogP contribution in [-0.4, -0.2) is 32.4 Å². The van der Waals surface area contributed by atoms with Crippen molar-refractivity contribution < 1.29 is 9.90 Å². The largest absolute Gasteiger partial charge is 0.548 e. The van der Waals surface area contributed by atoms with Crippen LogP contribution in [0.5, 0.6) is 0 Å². The second-order valence-corrected chi connectivity index (χ2v) is 4.12. The molecule has 17 heavy (non-hydrogen) atoms. The summed E-state index contributed by atoms with van der Waals surface area (Å²) in [6.07, 6.45) is 1.99. The highest BCUT2D eigenvalue weighted by molar-refractivity contribution is 7.98. The van der Waals surface area contributed by atoms with Gasteiger partial charge in [-0.3, -0.25) is 0 Å². The molecule has 2 aromatic rings. The summed E-state index contributed by atoms with van der Waals surface area (Å²) in [5.74, 6) is -0.842. The topological polar surface area (TPSA) is 83.7 Å². The van der Waals surface area contributed by atoms with Gasteiger partial charge in [0.15, 0.2) is 0 Å². The van der Waals surface area contributed by atoms with Crippen LogP contribution in [-0.2, 0) is 11.3 Å². The van der Waals surface area contributed by atoms with Crippen LogP contribution >= 0.6 is 11.8 Å². The molecule has 0 atom stereocenters. The van der Waals surface area contributed by atoms with E-state index < -0.39 is 12.5 Å². The highest BCUT2D eigenvalue weighted by Gasteiger charge is 2.05. The zero-order valence-electron chi connectivity index (χ0n) is 9.03. The van der Waals surface area contributed by atoms with E-state index in [0.29, 0.717) is 5.82 Å². The van der Waals surface area contributed by atoms with Crippen LogP contribution in [0.25, 0.3) is 11.4 Å². The van der Waals surface area contributed by atoms with Crippen LogP contribution in [0.1, 0.15) is 0 Å². The lowest BCUT2D eigenvalue weighted by molar-refractivity contribution is -0.307. The van der Waals surface area contributed by atoms with Gasteiger partial charge >= 0.3 is 0 Å². The number of carbonyl (C=O) groups is 1. The first-order chi connectivity index (χ1) is 8.19. The van der Waals surface area contributed by atoms with E-state index in [2.05, 4.69) is 15.4 Å². The number of carbonyl (C=O) groups excluding carboxylic acids is 1. The highest BCUT2D eigenvalue weighted by Crippen LogP contribution is 2.19. The van der Waals surface area contributed by atoms with Gasteiger partial charge in [-0.05, 0) is 35.7 Å². The Morgan fingerprint density at radius 1 is 1.41 bits per heavy atom. The number of aromatic nitrogens is 4. The Hall–Kier alpha value is -1.89. The summed E-state index contributed by atoms with van der Waals surface area (Å²) in [5.41, 5.74) is 0.799. The summed E-state index contributed by atoms with van der Waals surface area (Å²) in [6.45, 7) is -0.393. The SMILES string of the molecule is CSc1ccc(-c2nnn(CC(=O)[O-])n2)cc1. The standard InChI is InChI=1S/C10H10N4O2S/c1-17-8-4-2-7(3-5-8)10-11-13-14(12-10)6-9(15)16/h2-5H,6H2,1H3,(H,15,16)/p-1.